The molecule has 3 aliphatic rings. The van der Waals surface area contributed by atoms with Gasteiger partial charge < -0.3 is 24.9 Å². The molecule has 3 aromatic rings. The molecule has 2 fully saturated rings. The third kappa shape index (κ3) is 3.90. The van der Waals surface area contributed by atoms with Gasteiger partial charge >= 0.3 is 6.09 Å². The third-order valence-corrected chi connectivity index (χ3v) is 8.73. The SMILES string of the molecule is CC(C)(C)[C@@]12C[C@H](CN1C(=O)O)N(C(=O)CO/N=C1/C(c3c(O)[nH]c4ccc(Br)cc34)=Nc3ccccc31)C2. The summed E-state index contributed by atoms with van der Waals surface area (Å²) in [6.07, 6.45) is -0.357. The van der Waals surface area contributed by atoms with Crippen LogP contribution < -0.4 is 0 Å². The highest BCUT2D eigenvalue weighted by Crippen LogP contribution is 2.50. The number of piperazine rings is 1. The topological polar surface area (TPSA) is 131 Å². The number of carboxylic acid groups (broad SMARTS) is 1. The predicted molar refractivity (Wildman–Crippen MR) is 150 cm³/mol. The molecule has 2 amide bonds. The van der Waals surface area contributed by atoms with Crippen LogP contribution in [-0.4, -0.2) is 79.7 Å². The molecule has 202 valence electrons. The van der Waals surface area contributed by atoms with E-state index in [1.54, 1.807) is 4.90 Å². The van der Waals surface area contributed by atoms with Gasteiger partial charge in [-0.15, -0.1) is 0 Å². The normalized spacial score (nSPS) is 23.0. The lowest BCUT2D eigenvalue weighted by Gasteiger charge is -2.48. The van der Waals surface area contributed by atoms with E-state index in [0.717, 1.165) is 20.9 Å². The van der Waals surface area contributed by atoms with Gasteiger partial charge in [0.15, 0.2) is 12.5 Å². The number of nitrogens with zero attached hydrogens (tertiary/aromatic N) is 4. The molecule has 0 aliphatic carbocycles. The maximum absolute atomic E-state index is 13.3. The molecule has 0 spiro atoms. The number of hydrogen-bond acceptors (Lipinski definition) is 6. The van der Waals surface area contributed by atoms with Gasteiger partial charge in [0.1, 0.15) is 11.4 Å². The van der Waals surface area contributed by atoms with Gasteiger partial charge in [-0.25, -0.2) is 9.79 Å². The second kappa shape index (κ2) is 8.84. The van der Waals surface area contributed by atoms with E-state index >= 15 is 0 Å². The number of carbonyl (C=O) groups excluding carboxylic acids is 1. The van der Waals surface area contributed by atoms with Crippen LogP contribution in [0.4, 0.5) is 10.5 Å². The van der Waals surface area contributed by atoms with Gasteiger partial charge in [-0.3, -0.25) is 9.69 Å². The van der Waals surface area contributed by atoms with E-state index in [9.17, 15) is 19.8 Å². The minimum absolute atomic E-state index is 0.0398. The first-order valence-electron chi connectivity index (χ1n) is 12.7. The van der Waals surface area contributed by atoms with Crippen LogP contribution in [0.25, 0.3) is 10.9 Å². The van der Waals surface area contributed by atoms with Crippen LogP contribution in [-0.2, 0) is 9.63 Å². The molecule has 39 heavy (non-hydrogen) atoms. The Morgan fingerprint density at radius 1 is 1.26 bits per heavy atom. The van der Waals surface area contributed by atoms with Crippen LogP contribution in [0.15, 0.2) is 57.1 Å². The smallest absolute Gasteiger partial charge is 0.407 e. The number of aromatic nitrogens is 1. The quantitative estimate of drug-likeness (QED) is 0.371. The highest BCUT2D eigenvalue weighted by Gasteiger charge is 2.62. The van der Waals surface area contributed by atoms with Crippen molar-refractivity contribution in [1.29, 1.82) is 0 Å². The lowest BCUT2D eigenvalue weighted by atomic mass is 9.73. The molecular formula is C28H28BrN5O5. The van der Waals surface area contributed by atoms with Gasteiger partial charge in [-0.1, -0.05) is 60.1 Å². The number of likely N-dealkylation sites (tertiary alicyclic amines) is 2. The second-order valence-electron chi connectivity index (χ2n) is 11.3. The molecule has 2 saturated heterocycles. The highest BCUT2D eigenvalue weighted by atomic mass is 79.9. The monoisotopic (exact) mass is 593 g/mol. The predicted octanol–water partition coefficient (Wildman–Crippen LogP) is 4.87. The lowest BCUT2D eigenvalue weighted by Crippen LogP contribution is -2.62. The average Bonchev–Trinajstić information content (AvgIpc) is 3.62. The standard InChI is InChI=1S/C28H28BrN5O5/c1-27(2,3)28-11-16(12-34(28)26(37)38)33(14-28)21(35)13-39-32-23-17-6-4-5-7-19(17)30-24(23)22-18-10-15(29)8-9-20(18)31-25(22)36/h4-10,16,31,36H,11-14H2,1-3H3,(H,37,38)/b32-23+/t16-,28+/m1/s1. The highest BCUT2D eigenvalue weighted by molar-refractivity contribution is 9.10. The zero-order valence-electron chi connectivity index (χ0n) is 21.7. The number of carbonyl (C=O) groups is 2. The first kappa shape index (κ1) is 25.4. The van der Waals surface area contributed by atoms with Crippen molar-refractivity contribution in [2.75, 3.05) is 19.7 Å². The number of rotatable bonds is 4. The minimum Gasteiger partial charge on any atom is -0.494 e. The molecule has 2 atom stereocenters. The van der Waals surface area contributed by atoms with E-state index in [0.29, 0.717) is 35.6 Å². The first-order chi connectivity index (χ1) is 18.5. The summed E-state index contributed by atoms with van der Waals surface area (Å²) in [6, 6.07) is 12.9. The molecule has 4 heterocycles. The van der Waals surface area contributed by atoms with E-state index in [4.69, 9.17) is 9.83 Å². The van der Waals surface area contributed by atoms with Crippen molar-refractivity contribution in [2.24, 2.45) is 15.6 Å². The van der Waals surface area contributed by atoms with Crippen molar-refractivity contribution in [3.63, 3.8) is 0 Å². The summed E-state index contributed by atoms with van der Waals surface area (Å²) in [5, 5.41) is 25.7. The maximum atomic E-state index is 13.3. The Balaban J connectivity index is 1.27. The molecule has 2 aromatic carbocycles. The molecule has 1 aromatic heterocycles. The van der Waals surface area contributed by atoms with Crippen molar-refractivity contribution in [1.82, 2.24) is 14.8 Å². The van der Waals surface area contributed by atoms with Gasteiger partial charge in [0, 0.05) is 34.0 Å². The van der Waals surface area contributed by atoms with Crippen molar-refractivity contribution < 1.29 is 24.6 Å². The number of hydrogen-bond donors (Lipinski definition) is 3. The Labute approximate surface area is 233 Å². The Morgan fingerprint density at radius 3 is 2.77 bits per heavy atom. The molecule has 6 rings (SSSR count). The number of aromatic hydroxyl groups is 1. The molecular weight excluding hydrogens is 566 g/mol. The van der Waals surface area contributed by atoms with E-state index in [-0.39, 0.29) is 36.4 Å². The lowest BCUT2D eigenvalue weighted by molar-refractivity contribution is -0.140. The van der Waals surface area contributed by atoms with E-state index in [1.807, 2.05) is 63.2 Å². The van der Waals surface area contributed by atoms with Gasteiger partial charge in [-0.05, 0) is 36.1 Å². The van der Waals surface area contributed by atoms with E-state index in [1.165, 1.54) is 4.90 Å². The maximum Gasteiger partial charge on any atom is 0.407 e. The number of nitrogens with one attached hydrogen (secondary N) is 1. The summed E-state index contributed by atoms with van der Waals surface area (Å²) in [7, 11) is 0. The summed E-state index contributed by atoms with van der Waals surface area (Å²) >= 11 is 3.49. The molecule has 0 saturated carbocycles. The average molecular weight is 594 g/mol. The fourth-order valence-electron chi connectivity index (χ4n) is 6.18. The number of aliphatic imine (C=N–C) groups is 1. The van der Waals surface area contributed by atoms with Crippen molar-refractivity contribution in [3.8, 4) is 5.88 Å². The molecule has 2 bridgehead atoms. The summed E-state index contributed by atoms with van der Waals surface area (Å²) in [6.45, 7) is 6.34. The Kier molecular flexibility index (Phi) is 5.76. The minimum atomic E-state index is -0.957. The van der Waals surface area contributed by atoms with Gasteiger partial charge in [-0.2, -0.15) is 0 Å². The second-order valence-corrected chi connectivity index (χ2v) is 12.2. The van der Waals surface area contributed by atoms with Gasteiger partial charge in [0.25, 0.3) is 5.91 Å². The fraction of sp³-hybridized carbons (Fsp3) is 0.357. The third-order valence-electron chi connectivity index (χ3n) is 8.24. The molecule has 0 radical (unpaired) electrons. The van der Waals surface area contributed by atoms with Crippen LogP contribution in [0.3, 0.4) is 0 Å². The molecule has 3 N–H and O–H groups in total. The van der Waals surface area contributed by atoms with Crippen molar-refractivity contribution >= 4 is 55.9 Å². The van der Waals surface area contributed by atoms with Crippen LogP contribution in [0.1, 0.15) is 38.3 Å². The van der Waals surface area contributed by atoms with E-state index < -0.39 is 11.6 Å². The number of fused-ring (bicyclic) bond motifs is 4. The molecule has 0 unspecified atom stereocenters. The summed E-state index contributed by atoms with van der Waals surface area (Å²) in [5.74, 6) is -0.286. The fourth-order valence-corrected chi connectivity index (χ4v) is 6.55. The molecule has 3 aliphatic heterocycles. The number of aromatic amines is 1. The number of para-hydroxylation sites is 1. The Morgan fingerprint density at radius 2 is 2.03 bits per heavy atom. The van der Waals surface area contributed by atoms with E-state index in [2.05, 4.69) is 26.1 Å². The zero-order valence-corrected chi connectivity index (χ0v) is 23.3. The largest absolute Gasteiger partial charge is 0.494 e. The zero-order chi connectivity index (χ0) is 27.7. The first-order valence-corrected chi connectivity index (χ1v) is 13.5. The van der Waals surface area contributed by atoms with Crippen LogP contribution >= 0.6 is 15.9 Å². The van der Waals surface area contributed by atoms with Crippen molar-refractivity contribution in [2.45, 2.75) is 38.8 Å². The number of benzene rings is 2. The summed E-state index contributed by atoms with van der Waals surface area (Å²) < 4.78 is 0.848. The van der Waals surface area contributed by atoms with Crippen LogP contribution in [0.2, 0.25) is 0 Å². The van der Waals surface area contributed by atoms with Gasteiger partial charge in [0.05, 0.1) is 22.8 Å². The number of oxime groups is 1. The van der Waals surface area contributed by atoms with Crippen LogP contribution in [0.5, 0.6) is 5.88 Å². The van der Waals surface area contributed by atoms with Crippen molar-refractivity contribution in [3.05, 3.63) is 58.1 Å². The summed E-state index contributed by atoms with van der Waals surface area (Å²) in [5.41, 5.74) is 2.52. The molecule has 11 heteroatoms. The van der Waals surface area contributed by atoms with Gasteiger partial charge in [0.2, 0.25) is 0 Å². The van der Waals surface area contributed by atoms with Crippen LogP contribution in [0, 0.1) is 5.41 Å². The number of amides is 2. The number of H-pyrrole nitrogens is 1. The summed E-state index contributed by atoms with van der Waals surface area (Å²) in [4.78, 5) is 41.8. The Bertz CT molecular complexity index is 1590. The Hall–Kier alpha value is -3.86. The molecule has 10 nitrogen and oxygen atoms in total. The number of halogens is 1.